The van der Waals surface area contributed by atoms with Crippen molar-refractivity contribution in [2.75, 3.05) is 26.2 Å². The molecule has 2 rings (SSSR count). The minimum atomic E-state index is -0.356. The maximum absolute atomic E-state index is 12.8. The molecule has 0 unspecified atom stereocenters. The molecule has 1 aromatic rings. The zero-order valence-corrected chi connectivity index (χ0v) is 13.3. The van der Waals surface area contributed by atoms with Crippen LogP contribution in [0.1, 0.15) is 24.8 Å². The molecule has 0 bridgehead atoms. The molecule has 0 aromatic heterocycles. The van der Waals surface area contributed by atoms with E-state index in [0.29, 0.717) is 13.1 Å². The molecular weight excluding hydrogens is 297 g/mol. The van der Waals surface area contributed by atoms with Gasteiger partial charge >= 0.3 is 0 Å². The average Bonchev–Trinajstić information content (AvgIpc) is 2.52. The molecule has 1 heterocycles. The highest BCUT2D eigenvalue weighted by atomic mass is 19.1. The number of aryl methyl sites for hydroxylation is 1. The topological polar surface area (TPSA) is 75.4 Å². The number of nitrogens with one attached hydrogen (secondary N) is 1. The van der Waals surface area contributed by atoms with Gasteiger partial charge in [-0.25, -0.2) is 4.39 Å². The number of carbonyl (C=O) groups excluding carboxylic acids is 2. The van der Waals surface area contributed by atoms with E-state index in [0.717, 1.165) is 37.8 Å². The molecule has 1 aliphatic rings. The van der Waals surface area contributed by atoms with Crippen molar-refractivity contribution in [3.8, 4) is 0 Å². The molecule has 1 atom stereocenters. The average molecular weight is 321 g/mol. The summed E-state index contributed by atoms with van der Waals surface area (Å²) >= 11 is 0. The van der Waals surface area contributed by atoms with E-state index in [1.807, 2.05) is 4.90 Å². The Morgan fingerprint density at radius 3 is 2.74 bits per heavy atom. The van der Waals surface area contributed by atoms with Crippen LogP contribution in [0.15, 0.2) is 24.3 Å². The first-order chi connectivity index (χ1) is 11.0. The Morgan fingerprint density at radius 1 is 1.30 bits per heavy atom. The van der Waals surface area contributed by atoms with Crippen molar-refractivity contribution < 1.29 is 14.0 Å². The first-order valence-corrected chi connectivity index (χ1v) is 8.07. The molecule has 1 saturated heterocycles. The highest BCUT2D eigenvalue weighted by Gasteiger charge is 2.25. The van der Waals surface area contributed by atoms with Crippen LogP contribution >= 0.6 is 0 Å². The second-order valence-corrected chi connectivity index (χ2v) is 6.06. The number of likely N-dealkylation sites (tertiary alicyclic amines) is 1. The third kappa shape index (κ3) is 5.98. The predicted molar refractivity (Wildman–Crippen MR) is 86.1 cm³/mol. The minimum absolute atomic E-state index is 0.0401. The van der Waals surface area contributed by atoms with Crippen molar-refractivity contribution in [1.82, 2.24) is 10.2 Å². The van der Waals surface area contributed by atoms with Crippen molar-refractivity contribution in [3.05, 3.63) is 35.6 Å². The Hall–Kier alpha value is -1.95. The van der Waals surface area contributed by atoms with Crippen molar-refractivity contribution in [3.63, 3.8) is 0 Å². The van der Waals surface area contributed by atoms with Crippen LogP contribution < -0.4 is 11.1 Å². The van der Waals surface area contributed by atoms with Gasteiger partial charge in [0.1, 0.15) is 5.82 Å². The molecular formula is C17H24FN3O2. The smallest absolute Gasteiger partial charge is 0.231 e. The molecule has 0 saturated carbocycles. The zero-order valence-electron chi connectivity index (χ0n) is 13.3. The van der Waals surface area contributed by atoms with Crippen molar-refractivity contribution >= 4 is 11.8 Å². The molecule has 0 radical (unpaired) electrons. The lowest BCUT2D eigenvalue weighted by Crippen LogP contribution is -2.45. The first kappa shape index (κ1) is 17.4. The van der Waals surface area contributed by atoms with Gasteiger partial charge in [0, 0.05) is 13.1 Å². The van der Waals surface area contributed by atoms with Crippen LogP contribution in [0.25, 0.3) is 0 Å². The van der Waals surface area contributed by atoms with Gasteiger partial charge in [-0.15, -0.1) is 0 Å². The second kappa shape index (κ2) is 8.62. The lowest BCUT2D eigenvalue weighted by atomic mass is 9.97. The number of piperidine rings is 1. The van der Waals surface area contributed by atoms with Crippen LogP contribution in [0, 0.1) is 11.7 Å². The van der Waals surface area contributed by atoms with Gasteiger partial charge in [-0.3, -0.25) is 14.5 Å². The summed E-state index contributed by atoms with van der Waals surface area (Å²) in [6.07, 6.45) is 3.37. The summed E-state index contributed by atoms with van der Waals surface area (Å²) in [5.74, 6) is -0.627. The Morgan fingerprint density at radius 2 is 2.04 bits per heavy atom. The summed E-state index contributed by atoms with van der Waals surface area (Å²) in [5, 5.41) is 2.95. The number of benzene rings is 1. The normalized spacial score (nSPS) is 18.6. The fourth-order valence-electron chi connectivity index (χ4n) is 2.93. The van der Waals surface area contributed by atoms with Gasteiger partial charge in [-0.05, 0) is 49.9 Å². The number of nitrogens with two attached hydrogens (primary N) is 1. The highest BCUT2D eigenvalue weighted by molar-refractivity contribution is 5.79. The summed E-state index contributed by atoms with van der Waals surface area (Å²) in [7, 11) is 0. The summed E-state index contributed by atoms with van der Waals surface area (Å²) in [5.41, 5.74) is 6.26. The molecule has 1 fully saturated rings. The Kier molecular flexibility index (Phi) is 6.52. The molecule has 23 heavy (non-hydrogen) atoms. The number of carbonyl (C=O) groups is 2. The third-order valence-electron chi connectivity index (χ3n) is 4.11. The molecule has 2 amide bonds. The predicted octanol–water partition coefficient (Wildman–Crippen LogP) is 1.07. The highest BCUT2D eigenvalue weighted by Crippen LogP contribution is 2.16. The SMILES string of the molecule is NC(=O)CN1CCC[C@@H](C(=O)NCCCc2ccc(F)cc2)C1. The van der Waals surface area contributed by atoms with Crippen LogP contribution in [0.4, 0.5) is 4.39 Å². The van der Waals surface area contributed by atoms with E-state index in [-0.39, 0.29) is 30.1 Å². The molecule has 5 nitrogen and oxygen atoms in total. The lowest BCUT2D eigenvalue weighted by Gasteiger charge is -2.30. The summed E-state index contributed by atoms with van der Waals surface area (Å²) < 4.78 is 12.8. The van der Waals surface area contributed by atoms with Gasteiger partial charge in [0.05, 0.1) is 12.5 Å². The Bertz CT molecular complexity index is 533. The number of halogens is 1. The number of nitrogens with zero attached hydrogens (tertiary/aromatic N) is 1. The molecule has 1 aliphatic heterocycles. The summed E-state index contributed by atoms with van der Waals surface area (Å²) in [6, 6.07) is 6.42. The van der Waals surface area contributed by atoms with Crippen LogP contribution in [0.3, 0.4) is 0 Å². The number of primary amides is 1. The molecule has 1 aromatic carbocycles. The van der Waals surface area contributed by atoms with E-state index < -0.39 is 0 Å². The van der Waals surface area contributed by atoms with Gasteiger partial charge in [0.15, 0.2) is 0 Å². The number of hydrogen-bond acceptors (Lipinski definition) is 3. The fraction of sp³-hybridized carbons (Fsp3) is 0.529. The monoisotopic (exact) mass is 321 g/mol. The zero-order chi connectivity index (χ0) is 16.7. The molecule has 0 aliphatic carbocycles. The van der Waals surface area contributed by atoms with E-state index in [1.54, 1.807) is 12.1 Å². The van der Waals surface area contributed by atoms with E-state index in [1.165, 1.54) is 12.1 Å². The Labute approximate surface area is 136 Å². The first-order valence-electron chi connectivity index (χ1n) is 8.07. The van der Waals surface area contributed by atoms with Crippen LogP contribution in [-0.2, 0) is 16.0 Å². The van der Waals surface area contributed by atoms with Gasteiger partial charge in [0.25, 0.3) is 0 Å². The van der Waals surface area contributed by atoms with Gasteiger partial charge < -0.3 is 11.1 Å². The van der Waals surface area contributed by atoms with Gasteiger partial charge in [0.2, 0.25) is 11.8 Å². The standard InChI is InChI=1S/C17H24FN3O2/c18-15-7-5-13(6-8-15)3-1-9-20-17(23)14-4-2-10-21(11-14)12-16(19)22/h5-8,14H,1-4,9-12H2,(H2,19,22)(H,20,23)/t14-/m1/s1. The summed E-state index contributed by atoms with van der Waals surface area (Å²) in [4.78, 5) is 25.1. The minimum Gasteiger partial charge on any atom is -0.369 e. The quantitative estimate of drug-likeness (QED) is 0.738. The van der Waals surface area contributed by atoms with E-state index in [9.17, 15) is 14.0 Å². The van der Waals surface area contributed by atoms with Crippen LogP contribution in [-0.4, -0.2) is 42.9 Å². The van der Waals surface area contributed by atoms with Crippen molar-refractivity contribution in [2.24, 2.45) is 11.7 Å². The Balaban J connectivity index is 1.67. The number of amides is 2. The molecule has 0 spiro atoms. The summed E-state index contributed by atoms with van der Waals surface area (Å²) in [6.45, 7) is 2.22. The van der Waals surface area contributed by atoms with E-state index in [2.05, 4.69) is 5.32 Å². The van der Waals surface area contributed by atoms with Crippen LogP contribution in [0.2, 0.25) is 0 Å². The van der Waals surface area contributed by atoms with Crippen LogP contribution in [0.5, 0.6) is 0 Å². The number of rotatable bonds is 7. The van der Waals surface area contributed by atoms with E-state index in [4.69, 9.17) is 5.73 Å². The number of hydrogen-bond donors (Lipinski definition) is 2. The third-order valence-corrected chi connectivity index (χ3v) is 4.11. The maximum atomic E-state index is 12.8. The largest absolute Gasteiger partial charge is 0.369 e. The van der Waals surface area contributed by atoms with E-state index >= 15 is 0 Å². The lowest BCUT2D eigenvalue weighted by molar-refractivity contribution is -0.128. The maximum Gasteiger partial charge on any atom is 0.231 e. The fourth-order valence-corrected chi connectivity index (χ4v) is 2.93. The van der Waals surface area contributed by atoms with Gasteiger partial charge in [-0.2, -0.15) is 0 Å². The molecule has 6 heteroatoms. The second-order valence-electron chi connectivity index (χ2n) is 6.06. The van der Waals surface area contributed by atoms with Gasteiger partial charge in [-0.1, -0.05) is 12.1 Å². The van der Waals surface area contributed by atoms with Crippen molar-refractivity contribution in [2.45, 2.75) is 25.7 Å². The molecule has 3 N–H and O–H groups in total. The van der Waals surface area contributed by atoms with Crippen molar-refractivity contribution in [1.29, 1.82) is 0 Å². The molecule has 126 valence electrons.